The van der Waals surface area contributed by atoms with E-state index in [4.69, 9.17) is 16.3 Å². The number of rotatable bonds is 6. The zero-order valence-corrected chi connectivity index (χ0v) is 15.9. The van der Waals surface area contributed by atoms with E-state index in [0.29, 0.717) is 6.61 Å². The largest absolute Gasteiger partial charge is 0.489 e. The SMILES string of the molecule is Clc1ccc(COc2ccc(/C=N/Nc3nc4ccccc4s3)cc2)cc1. The van der Waals surface area contributed by atoms with Crippen molar-refractivity contribution in [2.24, 2.45) is 5.10 Å². The topological polar surface area (TPSA) is 46.5 Å². The van der Waals surface area contributed by atoms with Crippen LogP contribution in [0.5, 0.6) is 5.75 Å². The number of hydrazone groups is 1. The van der Waals surface area contributed by atoms with Gasteiger partial charge in [0, 0.05) is 5.02 Å². The number of benzene rings is 3. The van der Waals surface area contributed by atoms with Gasteiger partial charge in [-0.1, -0.05) is 47.2 Å². The molecule has 134 valence electrons. The quantitative estimate of drug-likeness (QED) is 0.324. The van der Waals surface area contributed by atoms with E-state index in [0.717, 1.165) is 37.2 Å². The van der Waals surface area contributed by atoms with Gasteiger partial charge in [-0.25, -0.2) is 4.98 Å². The molecule has 0 spiro atoms. The minimum atomic E-state index is 0.504. The second-order valence-corrected chi connectivity index (χ2v) is 7.31. The Kier molecular flexibility index (Phi) is 5.32. The molecule has 4 aromatic rings. The van der Waals surface area contributed by atoms with Crippen LogP contribution in [0.1, 0.15) is 11.1 Å². The van der Waals surface area contributed by atoms with E-state index < -0.39 is 0 Å². The maximum absolute atomic E-state index is 5.89. The number of aromatic nitrogens is 1. The second-order valence-electron chi connectivity index (χ2n) is 5.84. The summed E-state index contributed by atoms with van der Waals surface area (Å²) in [6.07, 6.45) is 1.76. The van der Waals surface area contributed by atoms with Crippen LogP contribution in [0.4, 0.5) is 5.13 Å². The molecule has 0 unspecified atom stereocenters. The predicted octanol–water partition coefficient (Wildman–Crippen LogP) is 5.97. The fourth-order valence-corrected chi connectivity index (χ4v) is 3.42. The summed E-state index contributed by atoms with van der Waals surface area (Å²) in [6, 6.07) is 23.4. The number of thiazole rings is 1. The van der Waals surface area contributed by atoms with Crippen molar-refractivity contribution >= 4 is 44.5 Å². The van der Waals surface area contributed by atoms with Crippen molar-refractivity contribution in [1.29, 1.82) is 0 Å². The van der Waals surface area contributed by atoms with Gasteiger partial charge >= 0.3 is 0 Å². The highest BCUT2D eigenvalue weighted by molar-refractivity contribution is 7.22. The summed E-state index contributed by atoms with van der Waals surface area (Å²) in [6.45, 7) is 0.504. The van der Waals surface area contributed by atoms with Gasteiger partial charge in [-0.15, -0.1) is 0 Å². The third kappa shape index (κ3) is 4.64. The minimum Gasteiger partial charge on any atom is -0.489 e. The molecule has 27 heavy (non-hydrogen) atoms. The average Bonchev–Trinajstić information content (AvgIpc) is 3.11. The first-order valence-electron chi connectivity index (χ1n) is 8.38. The molecule has 3 aromatic carbocycles. The monoisotopic (exact) mass is 393 g/mol. The molecule has 6 heteroatoms. The Labute approximate surface area is 166 Å². The maximum atomic E-state index is 5.89. The van der Waals surface area contributed by atoms with E-state index in [1.165, 1.54) is 0 Å². The zero-order valence-electron chi connectivity index (χ0n) is 14.3. The van der Waals surface area contributed by atoms with Gasteiger partial charge in [-0.2, -0.15) is 5.10 Å². The van der Waals surface area contributed by atoms with Crippen molar-refractivity contribution in [3.63, 3.8) is 0 Å². The van der Waals surface area contributed by atoms with E-state index in [2.05, 4.69) is 15.5 Å². The number of para-hydroxylation sites is 1. The number of fused-ring (bicyclic) bond motifs is 1. The first-order chi connectivity index (χ1) is 13.3. The number of ether oxygens (including phenoxy) is 1. The molecule has 1 N–H and O–H groups in total. The molecule has 1 aromatic heterocycles. The normalized spacial score (nSPS) is 11.1. The van der Waals surface area contributed by atoms with Crippen LogP contribution in [0.15, 0.2) is 77.9 Å². The highest BCUT2D eigenvalue weighted by Gasteiger charge is 2.01. The number of hydrogen-bond donors (Lipinski definition) is 1. The molecule has 4 rings (SSSR count). The molecule has 0 fully saturated rings. The molecular weight excluding hydrogens is 378 g/mol. The zero-order chi connectivity index (χ0) is 18.5. The Hall–Kier alpha value is -2.89. The first-order valence-corrected chi connectivity index (χ1v) is 9.58. The number of nitrogens with one attached hydrogen (secondary N) is 1. The van der Waals surface area contributed by atoms with Crippen LogP contribution in [0, 0.1) is 0 Å². The van der Waals surface area contributed by atoms with Crippen LogP contribution in [-0.4, -0.2) is 11.2 Å². The summed E-state index contributed by atoms with van der Waals surface area (Å²) in [5.74, 6) is 0.807. The molecule has 4 nitrogen and oxygen atoms in total. The predicted molar refractivity (Wildman–Crippen MR) is 113 cm³/mol. The highest BCUT2D eigenvalue weighted by Crippen LogP contribution is 2.25. The summed E-state index contributed by atoms with van der Waals surface area (Å²) < 4.78 is 6.92. The summed E-state index contributed by atoms with van der Waals surface area (Å²) in [7, 11) is 0. The van der Waals surface area contributed by atoms with E-state index in [1.54, 1.807) is 17.6 Å². The Bertz CT molecular complexity index is 1030. The Morgan fingerprint density at radius 1 is 1.00 bits per heavy atom. The van der Waals surface area contributed by atoms with Crippen LogP contribution >= 0.6 is 22.9 Å². The molecule has 0 saturated carbocycles. The van der Waals surface area contributed by atoms with Crippen LogP contribution in [0.3, 0.4) is 0 Å². The smallest absolute Gasteiger partial charge is 0.204 e. The third-order valence-electron chi connectivity index (χ3n) is 3.87. The minimum absolute atomic E-state index is 0.504. The lowest BCUT2D eigenvalue weighted by Gasteiger charge is -2.06. The van der Waals surface area contributed by atoms with Crippen LogP contribution in [0.2, 0.25) is 5.02 Å². The van der Waals surface area contributed by atoms with E-state index >= 15 is 0 Å². The molecule has 0 bridgehead atoms. The summed E-state index contributed by atoms with van der Waals surface area (Å²) in [5.41, 5.74) is 6.01. The molecule has 0 atom stereocenters. The standard InChI is InChI=1S/C21H16ClN3OS/c22-17-9-5-16(6-10-17)14-26-18-11-7-15(8-12-18)13-23-25-21-24-19-3-1-2-4-20(19)27-21/h1-13H,14H2,(H,24,25)/b23-13+. The molecular formula is C21H16ClN3OS. The van der Waals surface area contributed by atoms with Gasteiger partial charge in [0.25, 0.3) is 0 Å². The van der Waals surface area contributed by atoms with Crippen molar-refractivity contribution in [3.8, 4) is 5.75 Å². The van der Waals surface area contributed by atoms with Gasteiger partial charge in [0.2, 0.25) is 5.13 Å². The van der Waals surface area contributed by atoms with Crippen molar-refractivity contribution in [3.05, 3.63) is 88.9 Å². The maximum Gasteiger partial charge on any atom is 0.204 e. The van der Waals surface area contributed by atoms with Gasteiger partial charge < -0.3 is 4.74 Å². The summed E-state index contributed by atoms with van der Waals surface area (Å²) >= 11 is 7.46. The Morgan fingerprint density at radius 2 is 1.78 bits per heavy atom. The molecule has 0 saturated heterocycles. The van der Waals surface area contributed by atoms with Gasteiger partial charge in [0.15, 0.2) is 0 Å². The van der Waals surface area contributed by atoms with Crippen molar-refractivity contribution in [2.45, 2.75) is 6.61 Å². The third-order valence-corrected chi connectivity index (χ3v) is 5.06. The summed E-state index contributed by atoms with van der Waals surface area (Å²) in [4.78, 5) is 4.48. The highest BCUT2D eigenvalue weighted by atomic mass is 35.5. The van der Waals surface area contributed by atoms with Gasteiger partial charge in [0.05, 0.1) is 16.4 Å². The molecule has 0 aliphatic heterocycles. The molecule has 0 aliphatic carbocycles. The van der Waals surface area contributed by atoms with Crippen molar-refractivity contribution in [2.75, 3.05) is 5.43 Å². The average molecular weight is 394 g/mol. The fraction of sp³-hybridized carbons (Fsp3) is 0.0476. The molecule has 1 heterocycles. The van der Waals surface area contributed by atoms with Crippen molar-refractivity contribution < 1.29 is 4.74 Å². The molecule has 0 aliphatic rings. The Balaban J connectivity index is 1.33. The fourth-order valence-electron chi connectivity index (χ4n) is 2.48. The lowest BCUT2D eigenvalue weighted by molar-refractivity contribution is 0.306. The van der Waals surface area contributed by atoms with E-state index in [9.17, 15) is 0 Å². The summed E-state index contributed by atoms with van der Waals surface area (Å²) in [5, 5.41) is 5.76. The lowest BCUT2D eigenvalue weighted by Crippen LogP contribution is -1.95. The molecule has 0 radical (unpaired) electrons. The van der Waals surface area contributed by atoms with Crippen LogP contribution < -0.4 is 10.2 Å². The number of anilines is 1. The van der Waals surface area contributed by atoms with E-state index in [1.807, 2.05) is 72.8 Å². The van der Waals surface area contributed by atoms with Gasteiger partial charge in [0.1, 0.15) is 12.4 Å². The number of halogens is 1. The molecule has 0 amide bonds. The van der Waals surface area contributed by atoms with Gasteiger partial charge in [-0.05, 0) is 59.7 Å². The van der Waals surface area contributed by atoms with Crippen LogP contribution in [-0.2, 0) is 6.61 Å². The van der Waals surface area contributed by atoms with Crippen molar-refractivity contribution in [1.82, 2.24) is 4.98 Å². The van der Waals surface area contributed by atoms with E-state index in [-0.39, 0.29) is 0 Å². The Morgan fingerprint density at radius 3 is 2.56 bits per heavy atom. The second kappa shape index (κ2) is 8.20. The number of nitrogens with zero attached hydrogens (tertiary/aromatic N) is 2. The first kappa shape index (κ1) is 17.5. The van der Waals surface area contributed by atoms with Gasteiger partial charge in [-0.3, -0.25) is 5.43 Å². The lowest BCUT2D eigenvalue weighted by atomic mass is 10.2. The number of hydrogen-bond acceptors (Lipinski definition) is 5. The van der Waals surface area contributed by atoms with Crippen LogP contribution in [0.25, 0.3) is 10.2 Å².